The molecule has 0 spiro atoms. The van der Waals surface area contributed by atoms with E-state index in [9.17, 15) is 4.79 Å². The van der Waals surface area contributed by atoms with Crippen molar-refractivity contribution in [2.45, 2.75) is 6.42 Å². The van der Waals surface area contributed by atoms with Crippen molar-refractivity contribution in [2.75, 3.05) is 39.3 Å². The van der Waals surface area contributed by atoms with E-state index in [0.717, 1.165) is 45.7 Å². The Labute approximate surface area is 85.3 Å². The number of hydrogen-bond acceptors (Lipinski definition) is 3. The summed E-state index contributed by atoms with van der Waals surface area (Å²) in [6.07, 6.45) is 2.32. The van der Waals surface area contributed by atoms with Crippen LogP contribution in [0.5, 0.6) is 0 Å². The third kappa shape index (κ3) is 4.39. The summed E-state index contributed by atoms with van der Waals surface area (Å²) in [4.78, 5) is 13.2. The lowest BCUT2D eigenvalue weighted by Crippen LogP contribution is -2.44. The lowest BCUT2D eigenvalue weighted by Gasteiger charge is -2.26. The molecule has 4 heteroatoms. The summed E-state index contributed by atoms with van der Waals surface area (Å²) in [6.45, 7) is 9.62. The van der Waals surface area contributed by atoms with Gasteiger partial charge in [-0.2, -0.15) is 0 Å². The monoisotopic (exact) mass is 197 g/mol. The van der Waals surface area contributed by atoms with Crippen molar-refractivity contribution in [2.24, 2.45) is 0 Å². The molecule has 0 aromatic carbocycles. The minimum Gasteiger partial charge on any atom is -0.353 e. The number of carbonyl (C=O) groups is 1. The number of rotatable bonds is 5. The summed E-state index contributed by atoms with van der Waals surface area (Å²) in [5, 5.41) is 6.08. The first-order chi connectivity index (χ1) is 6.83. The standard InChI is InChI=1S/C10H19N3O/c1-2-10(14)12-4-3-7-13-8-5-11-6-9-13/h2,11H,1,3-9H2,(H,12,14). The zero-order valence-electron chi connectivity index (χ0n) is 8.59. The maximum Gasteiger partial charge on any atom is 0.243 e. The van der Waals surface area contributed by atoms with Gasteiger partial charge in [0.2, 0.25) is 5.91 Å². The Morgan fingerprint density at radius 2 is 2.21 bits per heavy atom. The van der Waals surface area contributed by atoms with Crippen molar-refractivity contribution in [1.82, 2.24) is 15.5 Å². The van der Waals surface area contributed by atoms with Crippen molar-refractivity contribution < 1.29 is 4.79 Å². The molecule has 80 valence electrons. The summed E-state index contributed by atoms with van der Waals surface area (Å²) in [5.41, 5.74) is 0. The van der Waals surface area contributed by atoms with Crippen LogP contribution in [0.1, 0.15) is 6.42 Å². The first-order valence-corrected chi connectivity index (χ1v) is 5.16. The highest BCUT2D eigenvalue weighted by Crippen LogP contribution is 1.93. The fourth-order valence-electron chi connectivity index (χ4n) is 1.52. The summed E-state index contributed by atoms with van der Waals surface area (Å²) in [7, 11) is 0. The minimum absolute atomic E-state index is 0.0784. The Morgan fingerprint density at radius 1 is 1.50 bits per heavy atom. The van der Waals surface area contributed by atoms with Crippen LogP contribution in [0.4, 0.5) is 0 Å². The lowest BCUT2D eigenvalue weighted by molar-refractivity contribution is -0.116. The molecule has 1 fully saturated rings. The zero-order valence-corrected chi connectivity index (χ0v) is 8.59. The van der Waals surface area contributed by atoms with Crippen molar-refractivity contribution >= 4 is 5.91 Å². The molecule has 1 heterocycles. The molecule has 0 atom stereocenters. The normalized spacial score (nSPS) is 17.7. The molecule has 1 rings (SSSR count). The summed E-state index contributed by atoms with van der Waals surface area (Å²) < 4.78 is 0. The second-order valence-electron chi connectivity index (χ2n) is 3.44. The van der Waals surface area contributed by atoms with E-state index in [1.165, 1.54) is 6.08 Å². The van der Waals surface area contributed by atoms with E-state index in [4.69, 9.17) is 0 Å². The Hall–Kier alpha value is -0.870. The predicted molar refractivity (Wildman–Crippen MR) is 57.1 cm³/mol. The molecule has 1 amide bonds. The van der Waals surface area contributed by atoms with Crippen molar-refractivity contribution in [3.8, 4) is 0 Å². The second-order valence-corrected chi connectivity index (χ2v) is 3.44. The number of nitrogens with one attached hydrogen (secondary N) is 2. The van der Waals surface area contributed by atoms with Crippen molar-refractivity contribution in [3.63, 3.8) is 0 Å². The number of piperazine rings is 1. The van der Waals surface area contributed by atoms with Crippen LogP contribution in [0.25, 0.3) is 0 Å². The average Bonchev–Trinajstić information content (AvgIpc) is 2.25. The maximum absolute atomic E-state index is 10.8. The van der Waals surface area contributed by atoms with E-state index in [1.54, 1.807) is 0 Å². The quantitative estimate of drug-likeness (QED) is 0.465. The topological polar surface area (TPSA) is 44.4 Å². The van der Waals surface area contributed by atoms with E-state index in [0.29, 0.717) is 0 Å². The van der Waals surface area contributed by atoms with Gasteiger partial charge in [-0.3, -0.25) is 4.79 Å². The van der Waals surface area contributed by atoms with Crippen LogP contribution in [0.3, 0.4) is 0 Å². The Bertz CT molecular complexity index is 188. The van der Waals surface area contributed by atoms with Crippen LogP contribution < -0.4 is 10.6 Å². The van der Waals surface area contributed by atoms with Crippen LogP contribution in [0.2, 0.25) is 0 Å². The highest BCUT2D eigenvalue weighted by atomic mass is 16.1. The first kappa shape index (κ1) is 11.2. The molecule has 1 aliphatic rings. The summed E-state index contributed by atoms with van der Waals surface area (Å²) >= 11 is 0. The van der Waals surface area contributed by atoms with Crippen LogP contribution in [0.15, 0.2) is 12.7 Å². The van der Waals surface area contributed by atoms with E-state index >= 15 is 0 Å². The third-order valence-electron chi connectivity index (χ3n) is 2.35. The van der Waals surface area contributed by atoms with Crippen molar-refractivity contribution in [1.29, 1.82) is 0 Å². The lowest BCUT2D eigenvalue weighted by atomic mass is 10.3. The molecule has 4 nitrogen and oxygen atoms in total. The molecule has 0 unspecified atom stereocenters. The first-order valence-electron chi connectivity index (χ1n) is 5.16. The van der Waals surface area contributed by atoms with E-state index < -0.39 is 0 Å². The predicted octanol–water partition coefficient (Wildman–Crippen LogP) is -0.416. The highest BCUT2D eigenvalue weighted by Gasteiger charge is 2.07. The molecule has 1 aliphatic heterocycles. The van der Waals surface area contributed by atoms with Crippen LogP contribution in [0, 0.1) is 0 Å². The molecular formula is C10H19N3O. The molecular weight excluding hydrogens is 178 g/mol. The molecule has 0 aromatic rings. The van der Waals surface area contributed by atoms with Gasteiger partial charge in [-0.15, -0.1) is 0 Å². The molecule has 2 N–H and O–H groups in total. The molecule has 0 bridgehead atoms. The van der Waals surface area contributed by atoms with Crippen LogP contribution in [-0.4, -0.2) is 50.1 Å². The van der Waals surface area contributed by atoms with Gasteiger partial charge >= 0.3 is 0 Å². The smallest absolute Gasteiger partial charge is 0.243 e. The summed E-state index contributed by atoms with van der Waals surface area (Å²) in [6, 6.07) is 0. The number of nitrogens with zero attached hydrogens (tertiary/aromatic N) is 1. The molecule has 0 radical (unpaired) electrons. The molecule has 0 saturated carbocycles. The van der Waals surface area contributed by atoms with Gasteiger partial charge in [0.25, 0.3) is 0 Å². The molecule has 1 saturated heterocycles. The van der Waals surface area contributed by atoms with Gasteiger partial charge in [-0.25, -0.2) is 0 Å². The van der Waals surface area contributed by atoms with Gasteiger partial charge < -0.3 is 15.5 Å². The SMILES string of the molecule is C=CC(=O)NCCCN1CCNCC1. The third-order valence-corrected chi connectivity index (χ3v) is 2.35. The molecule has 0 aromatic heterocycles. The molecule has 14 heavy (non-hydrogen) atoms. The van der Waals surface area contributed by atoms with Gasteiger partial charge in [-0.1, -0.05) is 6.58 Å². The van der Waals surface area contributed by atoms with Gasteiger partial charge in [0.1, 0.15) is 0 Å². The van der Waals surface area contributed by atoms with Crippen LogP contribution in [-0.2, 0) is 4.79 Å². The van der Waals surface area contributed by atoms with Gasteiger partial charge in [-0.05, 0) is 19.0 Å². The van der Waals surface area contributed by atoms with E-state index in [2.05, 4.69) is 22.1 Å². The fraction of sp³-hybridized carbons (Fsp3) is 0.700. The average molecular weight is 197 g/mol. The Kier molecular flexibility index (Phi) is 5.25. The van der Waals surface area contributed by atoms with E-state index in [1.807, 2.05) is 0 Å². The van der Waals surface area contributed by atoms with Crippen LogP contribution >= 0.6 is 0 Å². The highest BCUT2D eigenvalue weighted by molar-refractivity contribution is 5.86. The fourth-order valence-corrected chi connectivity index (χ4v) is 1.52. The molecule has 0 aliphatic carbocycles. The van der Waals surface area contributed by atoms with Gasteiger partial charge in [0.15, 0.2) is 0 Å². The Morgan fingerprint density at radius 3 is 2.86 bits per heavy atom. The minimum atomic E-state index is -0.0784. The Balaban J connectivity index is 1.97. The van der Waals surface area contributed by atoms with Gasteiger partial charge in [0.05, 0.1) is 0 Å². The second kappa shape index (κ2) is 6.56. The number of amides is 1. The number of hydrogen-bond donors (Lipinski definition) is 2. The largest absolute Gasteiger partial charge is 0.353 e. The summed E-state index contributed by atoms with van der Waals surface area (Å²) in [5.74, 6) is -0.0784. The number of carbonyl (C=O) groups excluding carboxylic acids is 1. The zero-order chi connectivity index (χ0) is 10.2. The maximum atomic E-state index is 10.8. The van der Waals surface area contributed by atoms with Crippen molar-refractivity contribution in [3.05, 3.63) is 12.7 Å². The van der Waals surface area contributed by atoms with Gasteiger partial charge in [0, 0.05) is 32.7 Å². The van der Waals surface area contributed by atoms with E-state index in [-0.39, 0.29) is 5.91 Å².